The molecule has 2 rings (SSSR count). The van der Waals surface area contributed by atoms with Crippen molar-refractivity contribution in [3.63, 3.8) is 0 Å². The second-order valence-electron chi connectivity index (χ2n) is 5.91. The Morgan fingerprint density at radius 2 is 1.60 bits per heavy atom. The molecule has 0 aromatic heterocycles. The molecule has 1 N–H and O–H groups in total. The van der Waals surface area contributed by atoms with Gasteiger partial charge in [-0.2, -0.15) is 0 Å². The van der Waals surface area contributed by atoms with Crippen molar-refractivity contribution in [2.24, 2.45) is 0 Å². The molecule has 0 fully saturated rings. The van der Waals surface area contributed by atoms with Crippen molar-refractivity contribution in [1.82, 2.24) is 5.32 Å². The first-order valence-corrected chi connectivity index (χ1v) is 7.43. The zero-order valence-corrected chi connectivity index (χ0v) is 13.1. The van der Waals surface area contributed by atoms with Crippen LogP contribution >= 0.6 is 0 Å². The summed E-state index contributed by atoms with van der Waals surface area (Å²) in [6.07, 6.45) is 0.172. The van der Waals surface area contributed by atoms with Crippen molar-refractivity contribution < 1.29 is 4.74 Å². The van der Waals surface area contributed by atoms with Gasteiger partial charge in [0.05, 0.1) is 6.10 Å². The molecule has 0 saturated heterocycles. The van der Waals surface area contributed by atoms with Crippen molar-refractivity contribution in [2.45, 2.75) is 52.8 Å². The van der Waals surface area contributed by atoms with Crippen LogP contribution < -0.4 is 10.1 Å². The molecule has 0 bridgehead atoms. The molecule has 0 aliphatic carbocycles. The maximum atomic E-state index is 6.12. The first-order chi connectivity index (χ1) is 9.49. The number of hydrogen-bond acceptors (Lipinski definition) is 2. The molecule has 2 aromatic carbocycles. The van der Waals surface area contributed by atoms with E-state index in [1.54, 1.807) is 0 Å². The van der Waals surface area contributed by atoms with Crippen LogP contribution in [0, 0.1) is 0 Å². The van der Waals surface area contributed by atoms with E-state index in [0.29, 0.717) is 6.04 Å². The van der Waals surface area contributed by atoms with Crippen LogP contribution in [0.3, 0.4) is 0 Å². The average Bonchev–Trinajstić information content (AvgIpc) is 2.37. The number of rotatable bonds is 5. The lowest BCUT2D eigenvalue weighted by atomic mass is 10.0. The van der Waals surface area contributed by atoms with Gasteiger partial charge in [0.1, 0.15) is 5.75 Å². The first-order valence-electron chi connectivity index (χ1n) is 7.43. The smallest absolute Gasteiger partial charge is 0.132 e. The van der Waals surface area contributed by atoms with Crippen LogP contribution in [0.5, 0.6) is 5.75 Å². The minimum absolute atomic E-state index is 0.172. The van der Waals surface area contributed by atoms with E-state index in [1.165, 1.54) is 16.3 Å². The van der Waals surface area contributed by atoms with E-state index in [0.717, 1.165) is 5.75 Å². The molecule has 0 aliphatic rings. The van der Waals surface area contributed by atoms with Gasteiger partial charge < -0.3 is 10.1 Å². The molecular weight excluding hydrogens is 246 g/mol. The van der Waals surface area contributed by atoms with Gasteiger partial charge >= 0.3 is 0 Å². The summed E-state index contributed by atoms with van der Waals surface area (Å²) >= 11 is 0. The molecular formula is C18H25NO. The predicted octanol–water partition coefficient (Wildman–Crippen LogP) is 4.69. The molecule has 2 heteroatoms. The predicted molar refractivity (Wildman–Crippen MR) is 86.4 cm³/mol. The number of ether oxygens (including phenoxy) is 1. The Bertz CT molecular complexity index is 575. The summed E-state index contributed by atoms with van der Waals surface area (Å²) in [5, 5.41) is 5.97. The molecule has 0 heterocycles. The van der Waals surface area contributed by atoms with Gasteiger partial charge in [0.2, 0.25) is 0 Å². The van der Waals surface area contributed by atoms with Crippen LogP contribution in [0.15, 0.2) is 36.4 Å². The zero-order chi connectivity index (χ0) is 14.7. The fourth-order valence-electron chi connectivity index (χ4n) is 2.56. The van der Waals surface area contributed by atoms with Crippen molar-refractivity contribution in [3.05, 3.63) is 42.0 Å². The summed E-state index contributed by atoms with van der Waals surface area (Å²) < 4.78 is 6.12. The molecule has 2 aromatic rings. The van der Waals surface area contributed by atoms with E-state index in [9.17, 15) is 0 Å². The SMILES string of the molecule is CC(C)NC(C)c1ccc2ccccc2c1OC(C)C. The Balaban J connectivity index is 2.52. The molecule has 1 atom stereocenters. The number of hydrogen-bond donors (Lipinski definition) is 1. The van der Waals surface area contributed by atoms with E-state index in [1.807, 2.05) is 0 Å². The third kappa shape index (κ3) is 3.31. The molecule has 0 aliphatic heterocycles. The highest BCUT2D eigenvalue weighted by atomic mass is 16.5. The summed E-state index contributed by atoms with van der Waals surface area (Å²) in [6.45, 7) is 10.7. The topological polar surface area (TPSA) is 21.3 Å². The zero-order valence-electron chi connectivity index (χ0n) is 13.1. The molecule has 1 unspecified atom stereocenters. The summed E-state index contributed by atoms with van der Waals surface area (Å²) in [6, 6.07) is 13.5. The maximum Gasteiger partial charge on any atom is 0.132 e. The van der Waals surface area contributed by atoms with E-state index in [2.05, 4.69) is 76.3 Å². The molecule has 20 heavy (non-hydrogen) atoms. The Labute approximate surface area is 122 Å². The molecule has 108 valence electrons. The van der Waals surface area contributed by atoms with E-state index in [4.69, 9.17) is 4.74 Å². The van der Waals surface area contributed by atoms with Crippen molar-refractivity contribution >= 4 is 10.8 Å². The lowest BCUT2D eigenvalue weighted by Gasteiger charge is -2.23. The minimum Gasteiger partial charge on any atom is -0.490 e. The van der Waals surface area contributed by atoms with Crippen LogP contribution in [-0.2, 0) is 0 Å². The highest BCUT2D eigenvalue weighted by Gasteiger charge is 2.16. The van der Waals surface area contributed by atoms with E-state index in [-0.39, 0.29) is 12.1 Å². The maximum absolute atomic E-state index is 6.12. The van der Waals surface area contributed by atoms with Crippen LogP contribution in [0.2, 0.25) is 0 Å². The normalized spacial score (nSPS) is 13.2. The third-order valence-electron chi connectivity index (χ3n) is 3.31. The van der Waals surface area contributed by atoms with Gasteiger partial charge in [0.15, 0.2) is 0 Å². The fourth-order valence-corrected chi connectivity index (χ4v) is 2.56. The minimum atomic E-state index is 0.172. The molecule has 0 amide bonds. The monoisotopic (exact) mass is 271 g/mol. The van der Waals surface area contributed by atoms with Crippen LogP contribution in [-0.4, -0.2) is 12.1 Å². The average molecular weight is 271 g/mol. The van der Waals surface area contributed by atoms with E-state index < -0.39 is 0 Å². The van der Waals surface area contributed by atoms with Crippen LogP contribution in [0.25, 0.3) is 10.8 Å². The van der Waals surface area contributed by atoms with Crippen molar-refractivity contribution in [1.29, 1.82) is 0 Å². The lowest BCUT2D eigenvalue weighted by Crippen LogP contribution is -2.26. The first kappa shape index (κ1) is 14.9. The fraction of sp³-hybridized carbons (Fsp3) is 0.444. The quantitative estimate of drug-likeness (QED) is 0.852. The van der Waals surface area contributed by atoms with Gasteiger partial charge in [0, 0.05) is 23.0 Å². The van der Waals surface area contributed by atoms with Gasteiger partial charge in [-0.15, -0.1) is 0 Å². The Kier molecular flexibility index (Phi) is 4.66. The highest BCUT2D eigenvalue weighted by Crippen LogP contribution is 2.34. The van der Waals surface area contributed by atoms with Gasteiger partial charge in [-0.1, -0.05) is 50.2 Å². The van der Waals surface area contributed by atoms with Crippen molar-refractivity contribution in [3.8, 4) is 5.75 Å². The number of fused-ring (bicyclic) bond motifs is 1. The van der Waals surface area contributed by atoms with E-state index >= 15 is 0 Å². The largest absolute Gasteiger partial charge is 0.490 e. The summed E-state index contributed by atoms with van der Waals surface area (Å²) in [5.41, 5.74) is 1.23. The standard InChI is InChI=1S/C18H25NO/c1-12(2)19-14(5)16-11-10-15-8-6-7-9-17(15)18(16)20-13(3)4/h6-14,19H,1-5H3. The summed E-state index contributed by atoms with van der Waals surface area (Å²) in [7, 11) is 0. The molecule has 0 saturated carbocycles. The third-order valence-corrected chi connectivity index (χ3v) is 3.31. The Morgan fingerprint density at radius 1 is 0.900 bits per heavy atom. The molecule has 0 spiro atoms. The second kappa shape index (κ2) is 6.27. The van der Waals surface area contributed by atoms with Gasteiger partial charge in [-0.25, -0.2) is 0 Å². The highest BCUT2D eigenvalue weighted by molar-refractivity contribution is 5.89. The Morgan fingerprint density at radius 3 is 2.25 bits per heavy atom. The second-order valence-corrected chi connectivity index (χ2v) is 5.91. The Hall–Kier alpha value is -1.54. The molecule has 2 nitrogen and oxygen atoms in total. The number of nitrogens with one attached hydrogen (secondary N) is 1. The van der Waals surface area contributed by atoms with Gasteiger partial charge in [-0.3, -0.25) is 0 Å². The summed E-state index contributed by atoms with van der Waals surface area (Å²) in [4.78, 5) is 0. The summed E-state index contributed by atoms with van der Waals surface area (Å²) in [5.74, 6) is 1.01. The molecule has 0 radical (unpaired) electrons. The number of benzene rings is 2. The van der Waals surface area contributed by atoms with Gasteiger partial charge in [-0.05, 0) is 26.2 Å². The lowest BCUT2D eigenvalue weighted by molar-refractivity contribution is 0.241. The van der Waals surface area contributed by atoms with Crippen LogP contribution in [0.1, 0.15) is 46.2 Å². The van der Waals surface area contributed by atoms with Crippen LogP contribution in [0.4, 0.5) is 0 Å². The van der Waals surface area contributed by atoms with Gasteiger partial charge in [0.25, 0.3) is 0 Å². The van der Waals surface area contributed by atoms with Crippen molar-refractivity contribution in [2.75, 3.05) is 0 Å².